The molecule has 2 aromatic rings. The zero-order valence-corrected chi connectivity index (χ0v) is 14.5. The van der Waals surface area contributed by atoms with E-state index < -0.39 is 0 Å². The minimum atomic E-state index is -0.0735. The molecule has 0 amide bonds. The Hall–Kier alpha value is -0.840. The molecular formula is C9H15B6BrN4. The topological polar surface area (TPSA) is 50.7 Å². The maximum absolute atomic E-state index is 4.70. The van der Waals surface area contributed by atoms with Gasteiger partial charge < -0.3 is 5.32 Å². The van der Waals surface area contributed by atoms with E-state index in [-0.39, 0.29) is 10.4 Å². The number of nitrogens with zero attached hydrogens (tertiary/aromatic N) is 3. The van der Waals surface area contributed by atoms with Gasteiger partial charge in [-0.1, -0.05) is 5.11 Å². The van der Waals surface area contributed by atoms with Crippen molar-refractivity contribution in [1.82, 2.24) is 15.0 Å². The third-order valence-corrected chi connectivity index (χ3v) is 3.32. The van der Waals surface area contributed by atoms with Crippen molar-refractivity contribution in [2.75, 3.05) is 5.32 Å². The fourth-order valence-electron chi connectivity index (χ4n) is 1.86. The Morgan fingerprint density at radius 3 is 2.25 bits per heavy atom. The van der Waals surface area contributed by atoms with Gasteiger partial charge in [-0.3, -0.25) is 0 Å². The number of halogens is 1. The molecule has 4 nitrogen and oxygen atoms in total. The molecule has 0 saturated heterocycles. The van der Waals surface area contributed by atoms with Gasteiger partial charge in [0, 0.05) is 21.7 Å². The van der Waals surface area contributed by atoms with Crippen molar-refractivity contribution in [3.8, 4) is 0 Å². The van der Waals surface area contributed by atoms with E-state index in [1.54, 1.807) is 6.20 Å². The highest BCUT2D eigenvalue weighted by Crippen LogP contribution is 2.25. The van der Waals surface area contributed by atoms with Crippen LogP contribution in [-0.2, 0) is 5.11 Å². The predicted molar refractivity (Wildman–Crippen MR) is 104 cm³/mol. The van der Waals surface area contributed by atoms with Gasteiger partial charge in [0.2, 0.25) is 5.95 Å². The second kappa shape index (κ2) is 5.17. The van der Waals surface area contributed by atoms with Gasteiger partial charge in [0.25, 0.3) is 0 Å². The van der Waals surface area contributed by atoms with Crippen LogP contribution in [0.25, 0.3) is 11.0 Å². The molecule has 0 saturated carbocycles. The van der Waals surface area contributed by atoms with Crippen LogP contribution in [-0.4, -0.2) is 67.3 Å². The zero-order chi connectivity index (χ0) is 15.1. The minimum Gasteiger partial charge on any atom is -0.372 e. The van der Waals surface area contributed by atoms with Gasteiger partial charge in [-0.15, -0.1) is 0 Å². The molecule has 0 atom stereocenters. The summed E-state index contributed by atoms with van der Waals surface area (Å²) in [7, 11) is 12.7. The van der Waals surface area contributed by atoms with E-state index in [1.807, 2.05) is 6.07 Å². The number of nitrogens with one attached hydrogen (secondary N) is 1. The normalized spacial score (nSPS) is 12.4. The van der Waals surface area contributed by atoms with E-state index in [0.717, 1.165) is 21.2 Å². The summed E-state index contributed by atoms with van der Waals surface area (Å²) in [6, 6.07) is 2.03. The first-order valence-electron chi connectivity index (χ1n) is 6.68. The lowest BCUT2D eigenvalue weighted by Crippen LogP contribution is -2.40. The van der Waals surface area contributed by atoms with E-state index in [0.29, 0.717) is 5.95 Å². The van der Waals surface area contributed by atoms with Gasteiger partial charge in [-0.25, -0.2) is 9.97 Å². The van der Waals surface area contributed by atoms with Crippen molar-refractivity contribution in [2.24, 2.45) is 0 Å². The molecule has 0 aliphatic carbocycles. The molecule has 0 unspecified atom stereocenters. The van der Waals surface area contributed by atoms with Gasteiger partial charge in [-0.2, -0.15) is 4.98 Å². The molecule has 0 spiro atoms. The SMILES string of the molecule is BC(B)(B)Nc1ncc2cc(Br)c(C(B)(B)B)nc2n1. The zero-order valence-electron chi connectivity index (χ0n) is 12.9. The average Bonchev–Trinajstić information content (AvgIpc) is 2.25. The summed E-state index contributed by atoms with van der Waals surface area (Å²) >= 11 is 3.59. The first-order valence-corrected chi connectivity index (χ1v) is 7.47. The lowest BCUT2D eigenvalue weighted by atomic mass is 9.41. The standard InChI is InChI=1S/C9H15B6BrN4/c10-8(11,12)5-4(16)1-3-2-17-7(19-6(3)18-5)20-9(13,14)15/h1-2H,10-15H2,(H,17,18,19,20). The number of anilines is 1. The molecule has 0 fully saturated rings. The lowest BCUT2D eigenvalue weighted by molar-refractivity contribution is 1.05. The molecule has 2 rings (SSSR count). The van der Waals surface area contributed by atoms with E-state index in [9.17, 15) is 0 Å². The maximum atomic E-state index is 4.70. The van der Waals surface area contributed by atoms with Crippen molar-refractivity contribution in [3.63, 3.8) is 0 Å². The summed E-state index contributed by atoms with van der Waals surface area (Å²) in [6.07, 6.45) is 1.81. The highest BCUT2D eigenvalue weighted by Gasteiger charge is 2.20. The lowest BCUT2D eigenvalue weighted by Gasteiger charge is -2.21. The van der Waals surface area contributed by atoms with Crippen LogP contribution in [0.3, 0.4) is 0 Å². The number of hydrogen-bond acceptors (Lipinski definition) is 4. The molecule has 1 N–H and O–H groups in total. The van der Waals surface area contributed by atoms with Crippen molar-refractivity contribution in [1.29, 1.82) is 0 Å². The first-order chi connectivity index (χ1) is 9.06. The Bertz CT molecular complexity index is 653. The fourth-order valence-corrected chi connectivity index (χ4v) is 2.79. The monoisotopic (exact) mass is 324 g/mol. The van der Waals surface area contributed by atoms with Crippen molar-refractivity contribution < 1.29 is 0 Å². The molecule has 0 radical (unpaired) electrons. The molecule has 0 bridgehead atoms. The van der Waals surface area contributed by atoms with Gasteiger partial charge in [0.05, 0.1) is 23.5 Å². The smallest absolute Gasteiger partial charge is 0.223 e. The van der Waals surface area contributed by atoms with E-state index in [4.69, 9.17) is 4.98 Å². The van der Waals surface area contributed by atoms with E-state index in [2.05, 4.69) is 78.3 Å². The third-order valence-electron chi connectivity index (χ3n) is 2.72. The van der Waals surface area contributed by atoms with Crippen molar-refractivity contribution in [3.05, 3.63) is 22.4 Å². The highest BCUT2D eigenvalue weighted by molar-refractivity contribution is 9.10. The third kappa shape index (κ3) is 3.62. The minimum absolute atomic E-state index is 0.0322. The van der Waals surface area contributed by atoms with Crippen LogP contribution in [0.15, 0.2) is 16.7 Å². The van der Waals surface area contributed by atoms with E-state index >= 15 is 0 Å². The van der Waals surface area contributed by atoms with Gasteiger partial charge in [0.1, 0.15) is 23.5 Å². The summed E-state index contributed by atoms with van der Waals surface area (Å²) in [5, 5.41) is 4.10. The Balaban J connectivity index is 2.54. The van der Waals surface area contributed by atoms with Crippen LogP contribution >= 0.6 is 15.9 Å². The van der Waals surface area contributed by atoms with Crippen LogP contribution in [0.2, 0.25) is 0 Å². The average molecular weight is 324 g/mol. The molecule has 0 aliphatic heterocycles. The number of hydrogen-bond donors (Lipinski definition) is 1. The second-order valence-corrected chi connectivity index (χ2v) is 7.90. The maximum Gasteiger partial charge on any atom is 0.223 e. The van der Waals surface area contributed by atoms with Gasteiger partial charge >= 0.3 is 0 Å². The van der Waals surface area contributed by atoms with Gasteiger partial charge in [0.15, 0.2) is 5.65 Å². The molecule has 20 heavy (non-hydrogen) atoms. The summed E-state index contributed by atoms with van der Waals surface area (Å²) in [4.78, 5) is 13.6. The summed E-state index contributed by atoms with van der Waals surface area (Å²) in [5.41, 5.74) is 1.73. The number of pyridine rings is 1. The molecular weight excluding hydrogens is 309 g/mol. The Morgan fingerprint density at radius 1 is 1.05 bits per heavy atom. The summed E-state index contributed by atoms with van der Waals surface area (Å²) in [5.74, 6) is 0.611. The Labute approximate surface area is 133 Å². The summed E-state index contributed by atoms with van der Waals surface area (Å²) < 4.78 is 0.998. The molecule has 11 heteroatoms. The van der Waals surface area contributed by atoms with Crippen LogP contribution < -0.4 is 5.32 Å². The van der Waals surface area contributed by atoms with Crippen LogP contribution in [0.1, 0.15) is 5.69 Å². The second-order valence-electron chi connectivity index (χ2n) is 7.05. The quantitative estimate of drug-likeness (QED) is 0.581. The molecule has 2 aromatic heterocycles. The Morgan fingerprint density at radius 2 is 1.70 bits per heavy atom. The number of rotatable bonds is 3. The van der Waals surface area contributed by atoms with Crippen molar-refractivity contribution in [2.45, 2.75) is 10.4 Å². The van der Waals surface area contributed by atoms with Crippen LogP contribution in [0.4, 0.5) is 5.95 Å². The first kappa shape index (κ1) is 15.5. The van der Waals surface area contributed by atoms with Gasteiger partial charge in [-0.05, 0) is 27.2 Å². The van der Waals surface area contributed by atoms with Crippen molar-refractivity contribution >= 4 is 80.0 Å². The molecule has 0 aromatic carbocycles. The highest BCUT2D eigenvalue weighted by atomic mass is 79.9. The molecule has 0 aliphatic rings. The fraction of sp³-hybridized carbons (Fsp3) is 0.222. The largest absolute Gasteiger partial charge is 0.372 e. The summed E-state index contributed by atoms with van der Waals surface area (Å²) in [6.45, 7) is 0. The predicted octanol–water partition coefficient (Wildman–Crippen LogP) is -4.28. The Kier molecular flexibility index (Phi) is 4.02. The molecule has 2 heterocycles. The number of aromatic nitrogens is 3. The van der Waals surface area contributed by atoms with Crippen LogP contribution in [0.5, 0.6) is 0 Å². The molecule has 96 valence electrons. The van der Waals surface area contributed by atoms with E-state index in [1.165, 1.54) is 0 Å². The van der Waals surface area contributed by atoms with Crippen LogP contribution in [0, 0.1) is 0 Å². The number of fused-ring (bicyclic) bond motifs is 1.